The summed E-state index contributed by atoms with van der Waals surface area (Å²) >= 11 is 0. The molecule has 2 N–H and O–H groups in total. The Bertz CT molecular complexity index is 309. The maximum atomic E-state index is 10.6. The first kappa shape index (κ1) is 10.1. The van der Waals surface area contributed by atoms with Crippen LogP contribution in [0.25, 0.3) is 0 Å². The summed E-state index contributed by atoms with van der Waals surface area (Å²) in [4.78, 5) is 10.6. The number of anilines is 1. The van der Waals surface area contributed by atoms with E-state index in [-0.39, 0.29) is 0 Å². The number of nitrogens with one attached hydrogen (secondary N) is 2. The molecule has 0 radical (unpaired) electrons. The predicted octanol–water partition coefficient (Wildman–Crippen LogP) is 1.29. The number of ether oxygens (including phenoxy) is 1. The van der Waals surface area contributed by atoms with Crippen molar-refractivity contribution in [1.82, 2.24) is 5.43 Å². The van der Waals surface area contributed by atoms with Crippen molar-refractivity contribution in [2.45, 2.75) is 0 Å². The summed E-state index contributed by atoms with van der Waals surface area (Å²) in [6, 6.07) is 9.55. The van der Waals surface area contributed by atoms with Crippen LogP contribution in [0.4, 0.5) is 5.69 Å². The van der Waals surface area contributed by atoms with E-state index in [0.29, 0.717) is 0 Å². The van der Waals surface area contributed by atoms with Gasteiger partial charge in [0, 0.05) is 12.3 Å². The molecule has 0 aromatic heterocycles. The zero-order valence-corrected chi connectivity index (χ0v) is 7.86. The molecular weight excluding hydrogens is 180 g/mol. The average Bonchev–Trinajstić information content (AvgIpc) is 2.25. The van der Waals surface area contributed by atoms with E-state index in [1.54, 1.807) is 0 Å². The van der Waals surface area contributed by atoms with E-state index in [4.69, 9.17) is 0 Å². The van der Waals surface area contributed by atoms with E-state index in [1.165, 1.54) is 19.4 Å². The van der Waals surface area contributed by atoms with Crippen molar-refractivity contribution in [3.8, 4) is 0 Å². The number of methoxy groups -OCH3 is 1. The monoisotopic (exact) mass is 192 g/mol. The van der Waals surface area contributed by atoms with Crippen molar-refractivity contribution in [3.63, 3.8) is 0 Å². The van der Waals surface area contributed by atoms with Crippen LogP contribution in [0.1, 0.15) is 0 Å². The molecule has 0 bridgehead atoms. The summed E-state index contributed by atoms with van der Waals surface area (Å²) in [7, 11) is 1.33. The number of carbonyl (C=O) groups is 1. The standard InChI is InChI=1S/C10H12N2O2/c1-14-10(13)7-8-11-12-9-5-3-2-4-6-9/h2-8,11-12H,1H3/b8-7+. The van der Waals surface area contributed by atoms with Gasteiger partial charge in [0.15, 0.2) is 0 Å². The van der Waals surface area contributed by atoms with Gasteiger partial charge in [-0.05, 0) is 12.1 Å². The number of hydrogen-bond acceptors (Lipinski definition) is 4. The molecule has 0 spiro atoms. The maximum absolute atomic E-state index is 10.6. The Balaban J connectivity index is 2.29. The highest BCUT2D eigenvalue weighted by atomic mass is 16.5. The van der Waals surface area contributed by atoms with Crippen LogP contribution in [-0.2, 0) is 9.53 Å². The summed E-state index contributed by atoms with van der Waals surface area (Å²) in [6.45, 7) is 0. The third-order valence-corrected chi connectivity index (χ3v) is 1.49. The minimum absolute atomic E-state index is 0.396. The van der Waals surface area contributed by atoms with E-state index in [0.717, 1.165) is 5.69 Å². The fraction of sp³-hybridized carbons (Fsp3) is 0.100. The molecule has 14 heavy (non-hydrogen) atoms. The lowest BCUT2D eigenvalue weighted by molar-refractivity contribution is -0.134. The molecule has 0 fully saturated rings. The molecule has 1 rings (SSSR count). The van der Waals surface area contributed by atoms with Gasteiger partial charge in [0.05, 0.1) is 12.8 Å². The number of rotatable bonds is 4. The van der Waals surface area contributed by atoms with Crippen LogP contribution in [0.2, 0.25) is 0 Å². The van der Waals surface area contributed by atoms with E-state index < -0.39 is 5.97 Å². The molecule has 0 atom stereocenters. The number of carbonyl (C=O) groups excluding carboxylic acids is 1. The van der Waals surface area contributed by atoms with Gasteiger partial charge < -0.3 is 15.6 Å². The summed E-state index contributed by atoms with van der Waals surface area (Å²) in [6.07, 6.45) is 2.76. The van der Waals surface area contributed by atoms with Crippen LogP contribution in [0.5, 0.6) is 0 Å². The zero-order chi connectivity index (χ0) is 10.2. The lowest BCUT2D eigenvalue weighted by Crippen LogP contribution is -2.14. The second-order valence-corrected chi connectivity index (χ2v) is 2.49. The molecular formula is C10H12N2O2. The van der Waals surface area contributed by atoms with Gasteiger partial charge in [-0.3, -0.25) is 0 Å². The van der Waals surface area contributed by atoms with Crippen LogP contribution in [0.15, 0.2) is 42.6 Å². The number of hydrazine groups is 1. The number of benzene rings is 1. The van der Waals surface area contributed by atoms with Gasteiger partial charge in [0.25, 0.3) is 0 Å². The molecule has 1 aromatic rings. The molecule has 0 unspecified atom stereocenters. The maximum Gasteiger partial charge on any atom is 0.332 e. The van der Waals surface area contributed by atoms with E-state index in [9.17, 15) is 4.79 Å². The quantitative estimate of drug-likeness (QED) is 0.429. The summed E-state index contributed by atoms with van der Waals surface area (Å²) in [5, 5.41) is 0. The largest absolute Gasteiger partial charge is 0.466 e. The van der Waals surface area contributed by atoms with Crippen LogP contribution in [0.3, 0.4) is 0 Å². The molecule has 0 amide bonds. The van der Waals surface area contributed by atoms with Crippen LogP contribution < -0.4 is 10.9 Å². The summed E-state index contributed by atoms with van der Waals surface area (Å²) in [5.41, 5.74) is 6.53. The van der Waals surface area contributed by atoms with Crippen molar-refractivity contribution < 1.29 is 9.53 Å². The van der Waals surface area contributed by atoms with Crippen LogP contribution >= 0.6 is 0 Å². The SMILES string of the molecule is COC(=O)/C=C/NNc1ccccc1. The smallest absolute Gasteiger partial charge is 0.332 e. The van der Waals surface area contributed by atoms with E-state index in [2.05, 4.69) is 15.6 Å². The first-order chi connectivity index (χ1) is 6.83. The molecule has 4 heteroatoms. The topological polar surface area (TPSA) is 50.4 Å². The Kier molecular flexibility index (Phi) is 4.07. The van der Waals surface area contributed by atoms with Crippen molar-refractivity contribution >= 4 is 11.7 Å². The second kappa shape index (κ2) is 5.64. The molecule has 0 aliphatic rings. The van der Waals surface area contributed by atoms with Crippen molar-refractivity contribution in [2.24, 2.45) is 0 Å². The molecule has 0 saturated heterocycles. The van der Waals surface area contributed by atoms with Gasteiger partial charge in [-0.25, -0.2) is 4.79 Å². The Morgan fingerprint density at radius 1 is 1.36 bits per heavy atom. The predicted molar refractivity (Wildman–Crippen MR) is 54.4 cm³/mol. The fourth-order valence-electron chi connectivity index (χ4n) is 0.824. The first-order valence-electron chi connectivity index (χ1n) is 4.14. The van der Waals surface area contributed by atoms with Gasteiger partial charge in [0.2, 0.25) is 0 Å². The highest BCUT2D eigenvalue weighted by Gasteiger charge is 1.88. The number of esters is 1. The molecule has 1 aromatic carbocycles. The molecule has 0 aliphatic carbocycles. The minimum atomic E-state index is -0.396. The van der Waals surface area contributed by atoms with Gasteiger partial charge in [-0.2, -0.15) is 0 Å². The molecule has 4 nitrogen and oxygen atoms in total. The number of para-hydroxylation sites is 1. The summed E-state index contributed by atoms with van der Waals surface area (Å²) in [5.74, 6) is -0.396. The highest BCUT2D eigenvalue weighted by molar-refractivity contribution is 5.81. The van der Waals surface area contributed by atoms with Crippen LogP contribution in [0, 0.1) is 0 Å². The average molecular weight is 192 g/mol. The Labute approximate surface area is 82.5 Å². The normalized spacial score (nSPS) is 9.79. The van der Waals surface area contributed by atoms with Crippen molar-refractivity contribution in [3.05, 3.63) is 42.6 Å². The van der Waals surface area contributed by atoms with Gasteiger partial charge in [0.1, 0.15) is 0 Å². The zero-order valence-electron chi connectivity index (χ0n) is 7.86. The third-order valence-electron chi connectivity index (χ3n) is 1.49. The van der Waals surface area contributed by atoms with Gasteiger partial charge in [-0.1, -0.05) is 18.2 Å². The Morgan fingerprint density at radius 3 is 2.71 bits per heavy atom. The second-order valence-electron chi connectivity index (χ2n) is 2.49. The first-order valence-corrected chi connectivity index (χ1v) is 4.14. The van der Waals surface area contributed by atoms with Crippen LogP contribution in [-0.4, -0.2) is 13.1 Å². The van der Waals surface area contributed by atoms with Gasteiger partial charge in [-0.15, -0.1) is 0 Å². The Hall–Kier alpha value is -1.97. The lowest BCUT2D eigenvalue weighted by Gasteiger charge is -2.03. The molecule has 0 heterocycles. The fourth-order valence-corrected chi connectivity index (χ4v) is 0.824. The number of hydrogen-bond donors (Lipinski definition) is 2. The lowest BCUT2D eigenvalue weighted by atomic mass is 10.3. The third kappa shape index (κ3) is 3.62. The molecule has 0 aliphatic heterocycles. The van der Waals surface area contributed by atoms with Crippen molar-refractivity contribution in [1.29, 1.82) is 0 Å². The van der Waals surface area contributed by atoms with Gasteiger partial charge >= 0.3 is 5.97 Å². The minimum Gasteiger partial charge on any atom is -0.466 e. The van der Waals surface area contributed by atoms with Crippen molar-refractivity contribution in [2.75, 3.05) is 12.5 Å². The van der Waals surface area contributed by atoms with E-state index in [1.807, 2.05) is 30.3 Å². The highest BCUT2D eigenvalue weighted by Crippen LogP contribution is 2.02. The Morgan fingerprint density at radius 2 is 2.07 bits per heavy atom. The molecule has 0 saturated carbocycles. The molecule has 74 valence electrons. The van der Waals surface area contributed by atoms with E-state index >= 15 is 0 Å². The summed E-state index contributed by atoms with van der Waals surface area (Å²) < 4.78 is 4.41.